The van der Waals surface area contributed by atoms with Gasteiger partial charge in [0.05, 0.1) is 23.1 Å². The molecule has 13 heteroatoms. The number of hydrogen-bond donors (Lipinski definition) is 2. The Kier molecular flexibility index (Phi) is 6.25. The van der Waals surface area contributed by atoms with Crippen LogP contribution in [0.1, 0.15) is 28.9 Å². The van der Waals surface area contributed by atoms with E-state index in [1.807, 2.05) is 0 Å². The number of nitriles is 1. The van der Waals surface area contributed by atoms with Crippen molar-refractivity contribution in [2.24, 2.45) is 12.5 Å². The largest absolute Gasteiger partial charge is 0.488 e. The Morgan fingerprint density at radius 2 is 2.03 bits per heavy atom. The number of sulfone groups is 1. The molecule has 1 amide bonds. The van der Waals surface area contributed by atoms with Crippen LogP contribution in [0, 0.1) is 22.6 Å². The molecule has 3 heterocycles. The summed E-state index contributed by atoms with van der Waals surface area (Å²) < 4.78 is 73.8. The Hall–Kier alpha value is -3.21. The molecule has 10 nitrogen and oxygen atoms in total. The Labute approximate surface area is 202 Å². The predicted molar refractivity (Wildman–Crippen MR) is 125 cm³/mol. The summed E-state index contributed by atoms with van der Waals surface area (Å²) in [5.74, 6) is -1.82. The zero-order chi connectivity index (χ0) is 25.6. The molecule has 35 heavy (non-hydrogen) atoms. The lowest BCUT2D eigenvalue weighted by Crippen LogP contribution is -2.52. The molecule has 2 N–H and O–H groups in total. The van der Waals surface area contributed by atoms with E-state index in [-0.39, 0.29) is 58.5 Å². The van der Waals surface area contributed by atoms with Crippen LogP contribution in [0.15, 0.2) is 41.9 Å². The zero-order valence-electron chi connectivity index (χ0n) is 18.7. The summed E-state index contributed by atoms with van der Waals surface area (Å²) in [5.41, 5.74) is -1.05. The minimum atomic E-state index is -4.14. The molecule has 1 fully saturated rings. The molecule has 1 saturated heterocycles. The van der Waals surface area contributed by atoms with E-state index in [0.717, 1.165) is 12.1 Å². The quantitative estimate of drug-likeness (QED) is 0.581. The van der Waals surface area contributed by atoms with Gasteiger partial charge in [-0.1, -0.05) is 6.08 Å². The number of benzene rings is 1. The standard InChI is InChI=1S/C22H23FN4O6S2/c1-3-22(6-8-34(29,30)9-7-22)18-13-33-20-17(35(31,32)26-18)12-27(2)19(20)21(28)25-15-4-5-16(23)14(10-15)11-24/h3-5,10,12,18,26H,1,6-9,13H2,2H3,(H,25,28)/t18-/m0/s1. The van der Waals surface area contributed by atoms with Gasteiger partial charge in [-0.3, -0.25) is 4.79 Å². The first-order valence-electron chi connectivity index (χ1n) is 10.6. The lowest BCUT2D eigenvalue weighted by molar-refractivity contribution is 0.101. The van der Waals surface area contributed by atoms with Crippen LogP contribution in [-0.2, 0) is 26.9 Å². The lowest BCUT2D eigenvalue weighted by Gasteiger charge is -2.40. The van der Waals surface area contributed by atoms with E-state index >= 15 is 0 Å². The van der Waals surface area contributed by atoms with Crippen LogP contribution in [-0.4, -0.2) is 51.5 Å². The maximum atomic E-state index is 13.6. The highest BCUT2D eigenvalue weighted by Gasteiger charge is 2.46. The van der Waals surface area contributed by atoms with Crippen molar-refractivity contribution in [3.8, 4) is 11.8 Å². The second-order valence-corrected chi connectivity index (χ2v) is 12.6. The van der Waals surface area contributed by atoms with Gasteiger partial charge in [-0.25, -0.2) is 25.9 Å². The second-order valence-electron chi connectivity index (χ2n) is 8.62. The number of halogens is 1. The zero-order valence-corrected chi connectivity index (χ0v) is 20.4. The van der Waals surface area contributed by atoms with Crippen LogP contribution in [0.4, 0.5) is 10.1 Å². The molecule has 2 aliphatic heterocycles. The first-order valence-corrected chi connectivity index (χ1v) is 13.9. The number of carbonyl (C=O) groups is 1. The summed E-state index contributed by atoms with van der Waals surface area (Å²) in [5, 5.41) is 11.5. The van der Waals surface area contributed by atoms with Gasteiger partial charge in [-0.2, -0.15) is 5.26 Å². The van der Waals surface area contributed by atoms with Crippen LogP contribution in [0.2, 0.25) is 0 Å². The normalized spacial score (nSPS) is 22.0. The topological polar surface area (TPSA) is 147 Å². The summed E-state index contributed by atoms with van der Waals surface area (Å²) >= 11 is 0. The summed E-state index contributed by atoms with van der Waals surface area (Å²) in [7, 11) is -5.88. The first-order chi connectivity index (χ1) is 16.4. The maximum absolute atomic E-state index is 13.6. The van der Waals surface area contributed by atoms with Gasteiger partial charge in [0, 0.05) is 24.3 Å². The number of hydrogen-bond acceptors (Lipinski definition) is 7. The molecule has 0 spiro atoms. The van der Waals surface area contributed by atoms with Crippen molar-refractivity contribution in [3.05, 3.63) is 54.1 Å². The maximum Gasteiger partial charge on any atom is 0.276 e. The number of aromatic nitrogens is 1. The van der Waals surface area contributed by atoms with E-state index < -0.39 is 43.0 Å². The molecular formula is C22H23FN4O6S2. The number of nitrogens with zero attached hydrogens (tertiary/aromatic N) is 2. The van der Waals surface area contributed by atoms with Crippen molar-refractivity contribution in [2.45, 2.75) is 23.8 Å². The molecule has 0 aliphatic carbocycles. The number of fused-ring (bicyclic) bond motifs is 1. The number of anilines is 1. The van der Waals surface area contributed by atoms with Gasteiger partial charge in [0.15, 0.2) is 11.4 Å². The summed E-state index contributed by atoms with van der Waals surface area (Å²) in [4.78, 5) is 12.8. The number of rotatable bonds is 4. The lowest BCUT2D eigenvalue weighted by atomic mass is 9.76. The minimum absolute atomic E-state index is 0.0901. The molecular weight excluding hydrogens is 499 g/mol. The van der Waals surface area contributed by atoms with E-state index in [4.69, 9.17) is 10.00 Å². The van der Waals surface area contributed by atoms with Gasteiger partial charge in [-0.05, 0) is 31.0 Å². The highest BCUT2D eigenvalue weighted by Crippen LogP contribution is 2.41. The molecule has 0 radical (unpaired) electrons. The average molecular weight is 523 g/mol. The smallest absolute Gasteiger partial charge is 0.276 e. The van der Waals surface area contributed by atoms with E-state index in [9.17, 15) is 26.0 Å². The highest BCUT2D eigenvalue weighted by molar-refractivity contribution is 7.91. The fourth-order valence-electron chi connectivity index (χ4n) is 4.40. The van der Waals surface area contributed by atoms with Crippen molar-refractivity contribution in [3.63, 3.8) is 0 Å². The molecule has 4 rings (SSSR count). The van der Waals surface area contributed by atoms with Crippen molar-refractivity contribution < 1.29 is 30.8 Å². The minimum Gasteiger partial charge on any atom is -0.488 e. The fraction of sp³-hybridized carbons (Fsp3) is 0.364. The van der Waals surface area contributed by atoms with Crippen LogP contribution >= 0.6 is 0 Å². The Bertz CT molecular complexity index is 1460. The molecule has 0 bridgehead atoms. The third-order valence-corrected chi connectivity index (χ3v) is 9.62. The van der Waals surface area contributed by atoms with E-state index in [1.54, 1.807) is 12.1 Å². The van der Waals surface area contributed by atoms with Gasteiger partial charge >= 0.3 is 0 Å². The Morgan fingerprint density at radius 3 is 2.66 bits per heavy atom. The van der Waals surface area contributed by atoms with Crippen LogP contribution < -0.4 is 14.8 Å². The number of aryl methyl sites for hydroxylation is 1. The highest BCUT2D eigenvalue weighted by atomic mass is 32.2. The fourth-order valence-corrected chi connectivity index (χ4v) is 7.48. The Morgan fingerprint density at radius 1 is 1.34 bits per heavy atom. The van der Waals surface area contributed by atoms with Crippen LogP contribution in [0.3, 0.4) is 0 Å². The number of nitrogens with one attached hydrogen (secondary N) is 2. The van der Waals surface area contributed by atoms with Gasteiger partial charge in [0.25, 0.3) is 5.91 Å². The molecule has 0 saturated carbocycles. The van der Waals surface area contributed by atoms with Crippen LogP contribution in [0.5, 0.6) is 5.75 Å². The molecule has 0 unspecified atom stereocenters. The van der Waals surface area contributed by atoms with Crippen molar-refractivity contribution in [1.82, 2.24) is 9.29 Å². The first kappa shape index (κ1) is 24.9. The molecule has 186 valence electrons. The second kappa shape index (κ2) is 8.78. The number of sulfonamides is 1. The van der Waals surface area contributed by atoms with Gasteiger partial charge in [0.2, 0.25) is 10.0 Å². The SMILES string of the molecule is C=CC1([C@@H]2COc3c(cn(C)c3C(=O)Nc3ccc(F)c(C#N)c3)S(=O)(=O)N2)CCS(=O)(=O)CC1. The number of carbonyl (C=O) groups excluding carboxylic acids is 1. The third kappa shape index (κ3) is 4.56. The number of ether oxygens (including phenoxy) is 1. The molecule has 1 aromatic heterocycles. The van der Waals surface area contributed by atoms with E-state index in [0.29, 0.717) is 0 Å². The summed E-state index contributed by atoms with van der Waals surface area (Å²) in [6, 6.07) is 4.35. The van der Waals surface area contributed by atoms with Crippen molar-refractivity contribution in [1.29, 1.82) is 5.26 Å². The summed E-state index contributed by atoms with van der Waals surface area (Å²) in [6.45, 7) is 3.66. The predicted octanol–water partition coefficient (Wildman–Crippen LogP) is 1.71. The monoisotopic (exact) mass is 522 g/mol. The van der Waals surface area contributed by atoms with Gasteiger partial charge in [0.1, 0.15) is 33.2 Å². The van der Waals surface area contributed by atoms with Crippen molar-refractivity contribution >= 4 is 31.5 Å². The molecule has 1 aromatic carbocycles. The summed E-state index contributed by atoms with van der Waals surface area (Å²) in [6.07, 6.45) is 3.19. The van der Waals surface area contributed by atoms with Gasteiger partial charge < -0.3 is 14.6 Å². The van der Waals surface area contributed by atoms with E-state index in [1.165, 1.54) is 23.9 Å². The van der Waals surface area contributed by atoms with Gasteiger partial charge in [-0.15, -0.1) is 6.58 Å². The molecule has 1 atom stereocenters. The number of amides is 1. The van der Waals surface area contributed by atoms with E-state index in [2.05, 4.69) is 16.6 Å². The average Bonchev–Trinajstić information content (AvgIpc) is 3.09. The van der Waals surface area contributed by atoms with Crippen molar-refractivity contribution in [2.75, 3.05) is 23.4 Å². The van der Waals surface area contributed by atoms with Crippen LogP contribution in [0.25, 0.3) is 0 Å². The Balaban J connectivity index is 1.66. The third-order valence-electron chi connectivity index (χ3n) is 6.50. The molecule has 2 aromatic rings. The molecule has 2 aliphatic rings.